The molecule has 0 N–H and O–H groups in total. The Kier molecular flexibility index (Phi) is 4.50. The molecule has 0 heterocycles. The first-order valence-electron chi connectivity index (χ1n) is 6.29. The second kappa shape index (κ2) is 5.32. The molecule has 1 aromatic carbocycles. The topological polar surface area (TPSA) is 9.23 Å². The Balaban J connectivity index is 3.10. The van der Waals surface area contributed by atoms with Crippen LogP contribution >= 0.6 is 0 Å². The van der Waals surface area contributed by atoms with Crippen molar-refractivity contribution in [1.29, 1.82) is 0 Å². The molecular weight excluding hydrogens is 231 g/mol. The first kappa shape index (κ1) is 14.4. The molecule has 0 aromatic heterocycles. The fourth-order valence-electron chi connectivity index (χ4n) is 2.20. The molecule has 1 rings (SSSR count). The van der Waals surface area contributed by atoms with Crippen molar-refractivity contribution < 1.29 is 8.82 Å². The van der Waals surface area contributed by atoms with Crippen LogP contribution in [-0.2, 0) is 10.0 Å². The Morgan fingerprint density at radius 2 is 1.53 bits per heavy atom. The van der Waals surface area contributed by atoms with E-state index in [0.29, 0.717) is 0 Å². The van der Waals surface area contributed by atoms with Gasteiger partial charge < -0.3 is 4.43 Å². The highest BCUT2D eigenvalue weighted by molar-refractivity contribution is 6.69. The summed E-state index contributed by atoms with van der Waals surface area (Å²) in [5.41, 5.74) is 0.837. The minimum absolute atomic E-state index is 0.192. The van der Waals surface area contributed by atoms with Gasteiger partial charge in [-0.25, -0.2) is 4.39 Å². The van der Waals surface area contributed by atoms with Crippen molar-refractivity contribution in [2.75, 3.05) is 0 Å². The van der Waals surface area contributed by atoms with Crippen LogP contribution in [0.2, 0.25) is 19.6 Å². The zero-order chi connectivity index (χ0) is 13.1. The predicted molar refractivity (Wildman–Crippen MR) is 73.1 cm³/mol. The summed E-state index contributed by atoms with van der Waals surface area (Å²) in [6.07, 6.45) is 1.83. The van der Waals surface area contributed by atoms with Crippen LogP contribution in [0.3, 0.4) is 0 Å². The summed E-state index contributed by atoms with van der Waals surface area (Å²) in [5, 5.41) is 0. The third-order valence-electron chi connectivity index (χ3n) is 3.01. The van der Waals surface area contributed by atoms with Gasteiger partial charge in [-0.2, -0.15) is 0 Å². The molecule has 1 aromatic rings. The Bertz CT molecular complexity index is 349. The average Bonchev–Trinajstić information content (AvgIpc) is 2.26. The second-order valence-corrected chi connectivity index (χ2v) is 9.85. The van der Waals surface area contributed by atoms with E-state index >= 15 is 0 Å². The quantitative estimate of drug-likeness (QED) is 0.692. The average molecular weight is 254 g/mol. The van der Waals surface area contributed by atoms with Crippen LogP contribution < -0.4 is 0 Å². The zero-order valence-corrected chi connectivity index (χ0v) is 12.5. The molecule has 0 unspecified atom stereocenters. The van der Waals surface area contributed by atoms with Crippen LogP contribution in [0.25, 0.3) is 0 Å². The van der Waals surface area contributed by atoms with Crippen molar-refractivity contribution in [2.45, 2.75) is 51.9 Å². The lowest BCUT2D eigenvalue weighted by Gasteiger charge is -2.38. The van der Waals surface area contributed by atoms with E-state index in [-0.39, 0.29) is 11.4 Å². The number of rotatable bonds is 5. The standard InChI is InChI=1S/C14H23FOSi/c1-6-14(7-2,16-17(3,4)5)12-8-10-13(15)11-9-12/h8-11H,6-7H2,1-5H3. The van der Waals surface area contributed by atoms with Crippen LogP contribution in [-0.4, -0.2) is 8.32 Å². The lowest BCUT2D eigenvalue weighted by Crippen LogP contribution is -2.40. The first-order chi connectivity index (χ1) is 7.83. The highest BCUT2D eigenvalue weighted by Crippen LogP contribution is 2.35. The largest absolute Gasteiger partial charge is 0.408 e. The van der Waals surface area contributed by atoms with E-state index in [2.05, 4.69) is 33.5 Å². The minimum Gasteiger partial charge on any atom is -0.408 e. The van der Waals surface area contributed by atoms with Crippen LogP contribution in [0.1, 0.15) is 32.3 Å². The molecule has 0 atom stereocenters. The monoisotopic (exact) mass is 254 g/mol. The van der Waals surface area contributed by atoms with E-state index in [4.69, 9.17) is 4.43 Å². The minimum atomic E-state index is -1.62. The van der Waals surface area contributed by atoms with Crippen molar-refractivity contribution >= 4 is 8.32 Å². The molecular formula is C14H23FOSi. The fraction of sp³-hybridized carbons (Fsp3) is 0.571. The highest BCUT2D eigenvalue weighted by atomic mass is 28.4. The molecule has 0 bridgehead atoms. The summed E-state index contributed by atoms with van der Waals surface area (Å²) in [7, 11) is -1.62. The SMILES string of the molecule is CCC(CC)(O[Si](C)(C)C)c1ccc(F)cc1. The van der Waals surface area contributed by atoms with Gasteiger partial charge in [0.15, 0.2) is 8.32 Å². The summed E-state index contributed by atoms with van der Waals surface area (Å²) in [6, 6.07) is 6.73. The van der Waals surface area contributed by atoms with Gasteiger partial charge in [0.25, 0.3) is 0 Å². The van der Waals surface area contributed by atoms with Gasteiger partial charge in [-0.05, 0) is 50.2 Å². The summed E-state index contributed by atoms with van der Waals surface area (Å²) < 4.78 is 19.4. The van der Waals surface area contributed by atoms with Crippen LogP contribution in [0.5, 0.6) is 0 Å². The normalized spacial score (nSPS) is 12.8. The molecule has 17 heavy (non-hydrogen) atoms. The number of hydrogen-bond acceptors (Lipinski definition) is 1. The van der Waals surface area contributed by atoms with Crippen molar-refractivity contribution in [3.05, 3.63) is 35.6 Å². The zero-order valence-electron chi connectivity index (χ0n) is 11.5. The van der Waals surface area contributed by atoms with Gasteiger partial charge in [0.05, 0.1) is 5.60 Å². The maximum atomic E-state index is 13.0. The third-order valence-corrected chi connectivity index (χ3v) is 4.02. The molecule has 0 amide bonds. The van der Waals surface area contributed by atoms with Gasteiger partial charge in [0.1, 0.15) is 5.82 Å². The highest BCUT2D eigenvalue weighted by Gasteiger charge is 2.34. The Morgan fingerprint density at radius 3 is 1.88 bits per heavy atom. The maximum Gasteiger partial charge on any atom is 0.184 e. The smallest absolute Gasteiger partial charge is 0.184 e. The molecule has 96 valence electrons. The Labute approximate surface area is 105 Å². The molecule has 0 fully saturated rings. The molecule has 0 aliphatic carbocycles. The molecule has 1 nitrogen and oxygen atoms in total. The summed E-state index contributed by atoms with van der Waals surface area (Å²) >= 11 is 0. The van der Waals surface area contributed by atoms with Gasteiger partial charge in [-0.3, -0.25) is 0 Å². The Hall–Kier alpha value is -0.673. The molecule has 0 radical (unpaired) electrons. The van der Waals surface area contributed by atoms with Crippen LogP contribution in [0.15, 0.2) is 24.3 Å². The number of hydrogen-bond donors (Lipinski definition) is 0. The van der Waals surface area contributed by atoms with Crippen molar-refractivity contribution in [3.8, 4) is 0 Å². The lowest BCUT2D eigenvalue weighted by atomic mass is 9.89. The van der Waals surface area contributed by atoms with E-state index in [0.717, 1.165) is 18.4 Å². The maximum absolute atomic E-state index is 13.0. The molecule has 0 spiro atoms. The van der Waals surface area contributed by atoms with E-state index in [1.54, 1.807) is 0 Å². The number of benzene rings is 1. The first-order valence-corrected chi connectivity index (χ1v) is 9.70. The second-order valence-electron chi connectivity index (χ2n) is 5.42. The van der Waals surface area contributed by atoms with Crippen LogP contribution in [0.4, 0.5) is 4.39 Å². The van der Waals surface area contributed by atoms with Crippen molar-refractivity contribution in [2.24, 2.45) is 0 Å². The molecule has 3 heteroatoms. The van der Waals surface area contributed by atoms with Gasteiger partial charge >= 0.3 is 0 Å². The molecule has 0 aliphatic rings. The fourth-order valence-corrected chi connectivity index (χ4v) is 3.78. The van der Waals surface area contributed by atoms with Crippen LogP contribution in [0, 0.1) is 5.82 Å². The summed E-state index contributed by atoms with van der Waals surface area (Å²) in [6.45, 7) is 10.8. The summed E-state index contributed by atoms with van der Waals surface area (Å²) in [4.78, 5) is 0. The van der Waals surface area contributed by atoms with E-state index < -0.39 is 8.32 Å². The molecule has 0 saturated heterocycles. The summed E-state index contributed by atoms with van der Waals surface area (Å²) in [5.74, 6) is -0.192. The predicted octanol–water partition coefficient (Wildman–Crippen LogP) is 4.69. The van der Waals surface area contributed by atoms with Gasteiger partial charge in [-0.1, -0.05) is 26.0 Å². The third kappa shape index (κ3) is 3.65. The van der Waals surface area contributed by atoms with E-state index in [1.165, 1.54) is 12.1 Å². The van der Waals surface area contributed by atoms with E-state index in [9.17, 15) is 4.39 Å². The molecule has 0 saturated carbocycles. The Morgan fingerprint density at radius 1 is 1.06 bits per heavy atom. The van der Waals surface area contributed by atoms with E-state index in [1.807, 2.05) is 12.1 Å². The number of halogens is 1. The van der Waals surface area contributed by atoms with Crippen molar-refractivity contribution in [1.82, 2.24) is 0 Å². The van der Waals surface area contributed by atoms with Gasteiger partial charge in [-0.15, -0.1) is 0 Å². The molecule has 0 aliphatic heterocycles. The van der Waals surface area contributed by atoms with Crippen molar-refractivity contribution in [3.63, 3.8) is 0 Å². The van der Waals surface area contributed by atoms with Gasteiger partial charge in [0, 0.05) is 0 Å². The lowest BCUT2D eigenvalue weighted by molar-refractivity contribution is 0.0488. The van der Waals surface area contributed by atoms with Gasteiger partial charge in [0.2, 0.25) is 0 Å².